The van der Waals surface area contributed by atoms with Gasteiger partial charge in [0.25, 0.3) is 0 Å². The van der Waals surface area contributed by atoms with Crippen molar-refractivity contribution in [3.8, 4) is 0 Å². The SMILES string of the molecule is COCCCSc1nc(C)nc(NN)c1C. The van der Waals surface area contributed by atoms with Crippen LogP contribution in [0, 0.1) is 13.8 Å². The first-order valence-electron chi connectivity index (χ1n) is 5.12. The van der Waals surface area contributed by atoms with E-state index in [0.717, 1.165) is 35.2 Å². The predicted molar refractivity (Wildman–Crippen MR) is 66.5 cm³/mol. The minimum absolute atomic E-state index is 0.696. The summed E-state index contributed by atoms with van der Waals surface area (Å²) in [4.78, 5) is 8.61. The Kier molecular flexibility index (Phi) is 5.51. The Morgan fingerprint density at radius 3 is 2.75 bits per heavy atom. The van der Waals surface area contributed by atoms with Gasteiger partial charge in [-0.3, -0.25) is 0 Å². The lowest BCUT2D eigenvalue weighted by Gasteiger charge is -2.09. The van der Waals surface area contributed by atoms with Gasteiger partial charge in [0.15, 0.2) is 0 Å². The summed E-state index contributed by atoms with van der Waals surface area (Å²) in [6.07, 6.45) is 1.01. The molecule has 16 heavy (non-hydrogen) atoms. The average Bonchev–Trinajstić information content (AvgIpc) is 2.28. The molecule has 0 bridgehead atoms. The second-order valence-electron chi connectivity index (χ2n) is 3.39. The Bertz CT molecular complexity index is 346. The molecule has 0 atom stereocenters. The fourth-order valence-electron chi connectivity index (χ4n) is 1.26. The number of nitrogens with two attached hydrogens (primary N) is 1. The van der Waals surface area contributed by atoms with Crippen LogP contribution in [0.3, 0.4) is 0 Å². The van der Waals surface area contributed by atoms with Crippen molar-refractivity contribution < 1.29 is 4.74 Å². The smallest absolute Gasteiger partial charge is 0.147 e. The summed E-state index contributed by atoms with van der Waals surface area (Å²) < 4.78 is 5.00. The minimum Gasteiger partial charge on any atom is -0.385 e. The Balaban J connectivity index is 2.67. The van der Waals surface area contributed by atoms with E-state index < -0.39 is 0 Å². The number of hydrogen-bond donors (Lipinski definition) is 2. The Morgan fingerprint density at radius 2 is 2.12 bits per heavy atom. The molecule has 0 aromatic carbocycles. The number of methoxy groups -OCH3 is 1. The van der Waals surface area contributed by atoms with E-state index in [1.807, 2.05) is 13.8 Å². The Morgan fingerprint density at radius 1 is 1.38 bits per heavy atom. The molecule has 0 saturated heterocycles. The number of ether oxygens (including phenoxy) is 1. The van der Waals surface area contributed by atoms with Crippen LogP contribution in [0.25, 0.3) is 0 Å². The maximum atomic E-state index is 5.40. The monoisotopic (exact) mass is 242 g/mol. The van der Waals surface area contributed by atoms with Gasteiger partial charge in [-0.1, -0.05) is 0 Å². The van der Waals surface area contributed by atoms with Gasteiger partial charge >= 0.3 is 0 Å². The van der Waals surface area contributed by atoms with E-state index in [1.165, 1.54) is 0 Å². The summed E-state index contributed by atoms with van der Waals surface area (Å²) in [7, 11) is 1.71. The molecule has 0 aliphatic carbocycles. The summed E-state index contributed by atoms with van der Waals surface area (Å²) >= 11 is 1.70. The first kappa shape index (κ1) is 13.2. The molecule has 6 heteroatoms. The lowest BCUT2D eigenvalue weighted by molar-refractivity contribution is 0.200. The van der Waals surface area contributed by atoms with Crippen LogP contribution in [0.5, 0.6) is 0 Å². The number of nitrogens with one attached hydrogen (secondary N) is 1. The minimum atomic E-state index is 0.696. The van der Waals surface area contributed by atoms with Gasteiger partial charge < -0.3 is 10.2 Å². The summed E-state index contributed by atoms with van der Waals surface area (Å²) in [5, 5.41) is 0.983. The van der Waals surface area contributed by atoms with Crippen molar-refractivity contribution in [2.45, 2.75) is 25.3 Å². The number of nitrogen functional groups attached to an aromatic ring is 1. The molecule has 5 nitrogen and oxygen atoms in total. The number of thioether (sulfide) groups is 1. The molecule has 3 N–H and O–H groups in total. The van der Waals surface area contributed by atoms with Crippen LogP contribution in [-0.2, 0) is 4.74 Å². The van der Waals surface area contributed by atoms with E-state index in [1.54, 1.807) is 18.9 Å². The topological polar surface area (TPSA) is 73.1 Å². The standard InChI is InChI=1S/C10H18N4OS/c1-7-9(14-11)12-8(2)13-10(7)16-6-4-5-15-3/h4-6,11H2,1-3H3,(H,12,13,14). The van der Waals surface area contributed by atoms with Gasteiger partial charge in [-0.05, 0) is 20.3 Å². The third-order valence-electron chi connectivity index (χ3n) is 2.08. The van der Waals surface area contributed by atoms with Crippen molar-refractivity contribution in [3.05, 3.63) is 11.4 Å². The maximum absolute atomic E-state index is 5.40. The fraction of sp³-hybridized carbons (Fsp3) is 0.600. The molecular formula is C10H18N4OS. The highest BCUT2D eigenvalue weighted by molar-refractivity contribution is 7.99. The lowest BCUT2D eigenvalue weighted by Crippen LogP contribution is -2.12. The highest BCUT2D eigenvalue weighted by Crippen LogP contribution is 2.24. The van der Waals surface area contributed by atoms with Crippen LogP contribution in [0.1, 0.15) is 17.8 Å². The first-order chi connectivity index (χ1) is 7.69. The van der Waals surface area contributed by atoms with E-state index in [9.17, 15) is 0 Å². The van der Waals surface area contributed by atoms with Crippen LogP contribution in [-0.4, -0.2) is 29.4 Å². The zero-order valence-electron chi connectivity index (χ0n) is 9.91. The van der Waals surface area contributed by atoms with Crippen LogP contribution in [0.2, 0.25) is 0 Å². The highest BCUT2D eigenvalue weighted by atomic mass is 32.2. The molecule has 1 aromatic heterocycles. The third kappa shape index (κ3) is 3.62. The molecule has 0 aliphatic heterocycles. The second kappa shape index (κ2) is 6.67. The largest absolute Gasteiger partial charge is 0.385 e. The number of aromatic nitrogens is 2. The van der Waals surface area contributed by atoms with Gasteiger partial charge in [0, 0.05) is 25.0 Å². The van der Waals surface area contributed by atoms with Crippen molar-refractivity contribution in [2.75, 3.05) is 24.9 Å². The zero-order valence-corrected chi connectivity index (χ0v) is 10.7. The average molecular weight is 242 g/mol. The van der Waals surface area contributed by atoms with Crippen molar-refractivity contribution in [1.82, 2.24) is 9.97 Å². The van der Waals surface area contributed by atoms with Gasteiger partial charge in [0.1, 0.15) is 16.7 Å². The molecule has 1 aromatic rings. The molecule has 1 rings (SSSR count). The van der Waals surface area contributed by atoms with Crippen LogP contribution in [0.15, 0.2) is 5.03 Å². The van der Waals surface area contributed by atoms with Crippen LogP contribution < -0.4 is 11.3 Å². The van der Waals surface area contributed by atoms with Gasteiger partial charge in [0.2, 0.25) is 0 Å². The number of hydrazine groups is 1. The summed E-state index contributed by atoms with van der Waals surface area (Å²) in [6.45, 7) is 4.60. The molecule has 0 radical (unpaired) electrons. The molecule has 90 valence electrons. The van der Waals surface area contributed by atoms with Crippen molar-refractivity contribution in [2.24, 2.45) is 5.84 Å². The number of aryl methyl sites for hydroxylation is 1. The van der Waals surface area contributed by atoms with E-state index >= 15 is 0 Å². The van der Waals surface area contributed by atoms with E-state index in [-0.39, 0.29) is 0 Å². The number of hydrogen-bond acceptors (Lipinski definition) is 6. The van der Waals surface area contributed by atoms with Crippen molar-refractivity contribution in [1.29, 1.82) is 0 Å². The zero-order chi connectivity index (χ0) is 12.0. The number of rotatable bonds is 6. The third-order valence-corrected chi connectivity index (χ3v) is 3.24. The Labute approximate surface area is 100 Å². The summed E-state index contributed by atoms with van der Waals surface area (Å²) in [5.74, 6) is 7.80. The second-order valence-corrected chi connectivity index (χ2v) is 4.47. The molecule has 0 spiro atoms. The first-order valence-corrected chi connectivity index (χ1v) is 6.11. The van der Waals surface area contributed by atoms with Crippen LogP contribution in [0.4, 0.5) is 5.82 Å². The predicted octanol–water partition coefficient (Wildman–Crippen LogP) is 1.51. The molecular weight excluding hydrogens is 224 g/mol. The van der Waals surface area contributed by atoms with E-state index in [4.69, 9.17) is 10.6 Å². The normalized spacial score (nSPS) is 10.5. The maximum Gasteiger partial charge on any atom is 0.147 e. The molecule has 0 unspecified atom stereocenters. The highest BCUT2D eigenvalue weighted by Gasteiger charge is 2.08. The molecule has 0 saturated carbocycles. The molecule has 0 fully saturated rings. The van der Waals surface area contributed by atoms with Gasteiger partial charge in [-0.15, -0.1) is 11.8 Å². The van der Waals surface area contributed by atoms with Gasteiger partial charge in [-0.2, -0.15) is 0 Å². The van der Waals surface area contributed by atoms with Gasteiger partial charge in [-0.25, -0.2) is 15.8 Å². The summed E-state index contributed by atoms with van der Waals surface area (Å²) in [5.41, 5.74) is 3.58. The van der Waals surface area contributed by atoms with Crippen molar-refractivity contribution in [3.63, 3.8) is 0 Å². The quantitative estimate of drug-likeness (QED) is 0.259. The molecule has 1 heterocycles. The van der Waals surface area contributed by atoms with E-state index in [2.05, 4.69) is 15.4 Å². The number of anilines is 1. The summed E-state index contributed by atoms with van der Waals surface area (Å²) in [6, 6.07) is 0. The molecule has 0 amide bonds. The Hall–Kier alpha value is -0.850. The fourth-order valence-corrected chi connectivity index (χ4v) is 2.22. The van der Waals surface area contributed by atoms with Gasteiger partial charge in [0.05, 0.1) is 0 Å². The number of nitrogens with zero attached hydrogens (tertiary/aromatic N) is 2. The lowest BCUT2D eigenvalue weighted by atomic mass is 10.3. The van der Waals surface area contributed by atoms with Crippen LogP contribution >= 0.6 is 11.8 Å². The van der Waals surface area contributed by atoms with Crippen molar-refractivity contribution >= 4 is 17.6 Å². The molecule has 0 aliphatic rings. The van der Waals surface area contributed by atoms with E-state index in [0.29, 0.717) is 5.82 Å².